The van der Waals surface area contributed by atoms with Crippen molar-refractivity contribution in [3.05, 3.63) is 65.7 Å². The third-order valence-corrected chi connectivity index (χ3v) is 5.63. The van der Waals surface area contributed by atoms with Crippen molar-refractivity contribution < 1.29 is 8.78 Å². The van der Waals surface area contributed by atoms with Crippen LogP contribution in [0, 0.1) is 11.6 Å². The Morgan fingerprint density at radius 3 is 2.00 bits per heavy atom. The van der Waals surface area contributed by atoms with Gasteiger partial charge in [0.2, 0.25) is 0 Å². The van der Waals surface area contributed by atoms with Crippen molar-refractivity contribution in [2.75, 3.05) is 19.6 Å². The Morgan fingerprint density at radius 2 is 1.42 bits per heavy atom. The first-order chi connectivity index (χ1) is 11.2. The van der Waals surface area contributed by atoms with Gasteiger partial charge in [0.15, 0.2) is 0 Å². The summed E-state index contributed by atoms with van der Waals surface area (Å²) in [4.78, 5) is 3.63. The summed E-state index contributed by atoms with van der Waals surface area (Å²) in [7, 11) is 0. The molecule has 0 aliphatic carbocycles. The van der Waals surface area contributed by atoms with Crippen molar-refractivity contribution in [1.82, 2.24) is 4.90 Å². The molecule has 1 aliphatic rings. The molecule has 1 nitrogen and oxygen atoms in total. The average Bonchev–Trinajstić information content (AvgIpc) is 2.58. The van der Waals surface area contributed by atoms with E-state index in [2.05, 4.69) is 4.90 Å². The second kappa shape index (κ2) is 9.40. The summed E-state index contributed by atoms with van der Waals surface area (Å²) in [6.07, 6.45) is 3.28. The number of benzene rings is 2. The molecule has 24 heavy (non-hydrogen) atoms. The predicted octanol–water partition coefficient (Wildman–Crippen LogP) is 5.19. The summed E-state index contributed by atoms with van der Waals surface area (Å²) in [6, 6.07) is 13.6. The van der Waals surface area contributed by atoms with E-state index in [1.165, 1.54) is 29.8 Å². The number of hydrogen-bond donors (Lipinski definition) is 0. The summed E-state index contributed by atoms with van der Waals surface area (Å²) >= 11 is 1.86. The fourth-order valence-electron chi connectivity index (χ4n) is 2.89. The molecule has 1 aliphatic heterocycles. The van der Waals surface area contributed by atoms with Crippen molar-refractivity contribution in [1.29, 1.82) is 0 Å². The summed E-state index contributed by atoms with van der Waals surface area (Å²) in [5, 5.41) is 0.613. The molecule has 0 bridgehead atoms. The summed E-state index contributed by atoms with van der Waals surface area (Å²) in [5.41, 5.74) is 1.19. The first-order valence-corrected chi connectivity index (χ1v) is 8.96. The van der Waals surface area contributed by atoms with Gasteiger partial charge in [-0.3, -0.25) is 0 Å². The van der Waals surface area contributed by atoms with Gasteiger partial charge in [-0.2, -0.15) is 0 Å². The molecule has 5 heteroatoms. The Kier molecular flexibility index (Phi) is 7.53. The maximum Gasteiger partial charge on any atom is 0.123 e. The van der Waals surface area contributed by atoms with E-state index in [0.29, 0.717) is 5.25 Å². The van der Waals surface area contributed by atoms with Crippen molar-refractivity contribution >= 4 is 24.2 Å². The lowest BCUT2D eigenvalue weighted by Crippen LogP contribution is -2.36. The third kappa shape index (κ3) is 5.76. The van der Waals surface area contributed by atoms with Gasteiger partial charge < -0.3 is 4.90 Å². The number of hydrogen-bond acceptors (Lipinski definition) is 2. The molecule has 3 rings (SSSR count). The van der Waals surface area contributed by atoms with Crippen LogP contribution < -0.4 is 0 Å². The lowest BCUT2D eigenvalue weighted by atomic mass is 10.1. The van der Waals surface area contributed by atoms with Crippen LogP contribution in [-0.4, -0.2) is 29.8 Å². The standard InChI is InChI=1S/C19H21F2NS.ClH/c20-16-3-1-15(2-4-16)9-12-22-13-10-19(11-14-22)23-18-7-5-17(21)6-8-18;/h1-8,19H,9-14H2;1H. The number of likely N-dealkylation sites (tertiary alicyclic amines) is 1. The highest BCUT2D eigenvalue weighted by Crippen LogP contribution is 2.30. The van der Waals surface area contributed by atoms with E-state index in [-0.39, 0.29) is 24.0 Å². The fourth-order valence-corrected chi connectivity index (χ4v) is 4.02. The summed E-state index contributed by atoms with van der Waals surface area (Å²) in [6.45, 7) is 3.22. The molecule has 1 saturated heterocycles. The monoisotopic (exact) mass is 369 g/mol. The molecule has 1 fully saturated rings. The van der Waals surface area contributed by atoms with E-state index >= 15 is 0 Å². The van der Waals surface area contributed by atoms with Crippen LogP contribution in [0.15, 0.2) is 53.4 Å². The summed E-state index contributed by atoms with van der Waals surface area (Å²) in [5.74, 6) is -0.350. The van der Waals surface area contributed by atoms with Crippen LogP contribution in [0.2, 0.25) is 0 Å². The Labute approximate surface area is 152 Å². The van der Waals surface area contributed by atoms with Gasteiger partial charge in [-0.25, -0.2) is 8.78 Å². The molecule has 1 heterocycles. The summed E-state index contributed by atoms with van der Waals surface area (Å²) < 4.78 is 25.8. The largest absolute Gasteiger partial charge is 0.303 e. The zero-order valence-electron chi connectivity index (χ0n) is 13.5. The first-order valence-electron chi connectivity index (χ1n) is 8.08. The molecule has 0 saturated carbocycles. The highest BCUT2D eigenvalue weighted by Gasteiger charge is 2.19. The number of rotatable bonds is 5. The predicted molar refractivity (Wildman–Crippen MR) is 99.1 cm³/mol. The van der Waals surface area contributed by atoms with Gasteiger partial charge in [0.1, 0.15) is 11.6 Å². The number of thioether (sulfide) groups is 1. The lowest BCUT2D eigenvalue weighted by Gasteiger charge is -2.31. The maximum absolute atomic E-state index is 12.9. The Hall–Kier alpha value is -1.10. The average molecular weight is 370 g/mol. The molecule has 2 aromatic carbocycles. The number of piperidine rings is 1. The van der Waals surface area contributed by atoms with Gasteiger partial charge >= 0.3 is 0 Å². The molecule has 0 aromatic heterocycles. The minimum atomic E-state index is -0.176. The highest BCUT2D eigenvalue weighted by atomic mass is 35.5. The van der Waals surface area contributed by atoms with Crippen LogP contribution in [0.25, 0.3) is 0 Å². The third-order valence-electron chi connectivity index (χ3n) is 4.28. The highest BCUT2D eigenvalue weighted by molar-refractivity contribution is 8.00. The van der Waals surface area contributed by atoms with E-state index in [4.69, 9.17) is 0 Å². The maximum atomic E-state index is 12.9. The van der Waals surface area contributed by atoms with Crippen molar-refractivity contribution in [3.8, 4) is 0 Å². The zero-order valence-corrected chi connectivity index (χ0v) is 15.1. The quantitative estimate of drug-likeness (QED) is 0.713. The molecule has 130 valence electrons. The van der Waals surface area contributed by atoms with Crippen LogP contribution in [0.1, 0.15) is 18.4 Å². The first kappa shape index (κ1) is 19.2. The number of nitrogens with zero attached hydrogens (tertiary/aromatic N) is 1. The molecule has 0 spiro atoms. The topological polar surface area (TPSA) is 3.24 Å². The molecule has 0 N–H and O–H groups in total. The number of halogens is 3. The Balaban J connectivity index is 0.00000208. The van der Waals surface area contributed by atoms with Gasteiger partial charge in [0.05, 0.1) is 0 Å². The molecule has 0 atom stereocenters. The normalized spacial score (nSPS) is 15.9. The van der Waals surface area contributed by atoms with Crippen molar-refractivity contribution in [3.63, 3.8) is 0 Å². The SMILES string of the molecule is Cl.Fc1ccc(CCN2CCC(Sc3ccc(F)cc3)CC2)cc1. The molecular weight excluding hydrogens is 348 g/mol. The van der Waals surface area contributed by atoms with E-state index in [1.807, 2.05) is 36.0 Å². The van der Waals surface area contributed by atoms with E-state index in [0.717, 1.165) is 43.8 Å². The van der Waals surface area contributed by atoms with E-state index < -0.39 is 0 Å². The van der Waals surface area contributed by atoms with Crippen LogP contribution >= 0.6 is 24.2 Å². The van der Waals surface area contributed by atoms with E-state index in [1.54, 1.807) is 0 Å². The van der Waals surface area contributed by atoms with Crippen LogP contribution in [0.5, 0.6) is 0 Å². The molecule has 0 amide bonds. The van der Waals surface area contributed by atoms with Gasteiger partial charge in [-0.05, 0) is 74.3 Å². The van der Waals surface area contributed by atoms with Crippen molar-refractivity contribution in [2.24, 2.45) is 0 Å². The fraction of sp³-hybridized carbons (Fsp3) is 0.368. The Morgan fingerprint density at radius 1 is 0.875 bits per heavy atom. The smallest absolute Gasteiger partial charge is 0.123 e. The van der Waals surface area contributed by atoms with Crippen LogP contribution in [0.3, 0.4) is 0 Å². The van der Waals surface area contributed by atoms with Crippen molar-refractivity contribution in [2.45, 2.75) is 29.4 Å². The van der Waals surface area contributed by atoms with Gasteiger partial charge in [-0.1, -0.05) is 12.1 Å². The second-order valence-electron chi connectivity index (χ2n) is 5.99. The minimum absolute atomic E-state index is 0. The molecular formula is C19H22ClF2NS. The molecule has 0 radical (unpaired) electrons. The van der Waals surface area contributed by atoms with Gasteiger partial charge in [0, 0.05) is 16.7 Å². The van der Waals surface area contributed by atoms with Gasteiger partial charge in [-0.15, -0.1) is 24.2 Å². The van der Waals surface area contributed by atoms with E-state index in [9.17, 15) is 8.78 Å². The molecule has 2 aromatic rings. The Bertz CT molecular complexity index is 610. The van der Waals surface area contributed by atoms with Crippen LogP contribution in [-0.2, 0) is 6.42 Å². The zero-order chi connectivity index (χ0) is 16.1. The minimum Gasteiger partial charge on any atom is -0.303 e. The molecule has 0 unspecified atom stereocenters. The lowest BCUT2D eigenvalue weighted by molar-refractivity contribution is 0.235. The van der Waals surface area contributed by atoms with Crippen LogP contribution in [0.4, 0.5) is 8.78 Å². The second-order valence-corrected chi connectivity index (χ2v) is 7.36. The van der Waals surface area contributed by atoms with Gasteiger partial charge in [0.25, 0.3) is 0 Å².